The van der Waals surface area contributed by atoms with E-state index in [-0.39, 0.29) is 12.5 Å². The summed E-state index contributed by atoms with van der Waals surface area (Å²) in [6.45, 7) is -0.272. The fourth-order valence-corrected chi connectivity index (χ4v) is 3.60. The molecule has 0 spiro atoms. The monoisotopic (exact) mass is 445 g/mol. The van der Waals surface area contributed by atoms with Crippen molar-refractivity contribution in [1.82, 2.24) is 25.9 Å². The molecule has 2 aromatic carbocycles. The van der Waals surface area contributed by atoms with E-state index in [1.807, 2.05) is 60.7 Å². The van der Waals surface area contributed by atoms with Crippen LogP contribution in [0, 0.1) is 0 Å². The molecule has 160 valence electrons. The molecule has 2 heterocycles. The van der Waals surface area contributed by atoms with Crippen LogP contribution in [0.4, 0.5) is 0 Å². The molecule has 0 atom stereocenters. The van der Waals surface area contributed by atoms with Crippen LogP contribution in [0.5, 0.6) is 0 Å². The first-order valence-corrected chi connectivity index (χ1v) is 10.6. The molecule has 0 saturated carbocycles. The number of hydrogen-bond acceptors (Lipinski definition) is 5. The number of nitrogens with one attached hydrogen (secondary N) is 3. The summed E-state index contributed by atoms with van der Waals surface area (Å²) in [6.07, 6.45) is 1.61. The minimum atomic E-state index is -0.556. The molecule has 0 aliphatic heterocycles. The van der Waals surface area contributed by atoms with Gasteiger partial charge < -0.3 is 5.32 Å². The maximum absolute atomic E-state index is 12.8. The van der Waals surface area contributed by atoms with Gasteiger partial charge in [0.2, 0.25) is 0 Å². The average molecular weight is 446 g/mol. The SMILES string of the molecule is O=C(CNC(=O)c1cccs1)NNC(=O)c1cn(-c2ccccc2)nc1-c1ccccc1. The van der Waals surface area contributed by atoms with Gasteiger partial charge in [0.05, 0.1) is 22.7 Å². The fraction of sp³-hybridized carbons (Fsp3) is 0.0435. The Morgan fingerprint density at radius 2 is 1.56 bits per heavy atom. The van der Waals surface area contributed by atoms with Crippen molar-refractivity contribution in [3.05, 3.63) is 94.8 Å². The molecule has 0 saturated heterocycles. The number of hydrogen-bond donors (Lipinski definition) is 3. The third kappa shape index (κ3) is 4.90. The number of amides is 3. The van der Waals surface area contributed by atoms with E-state index in [0.29, 0.717) is 16.1 Å². The molecule has 3 amide bonds. The van der Waals surface area contributed by atoms with E-state index in [4.69, 9.17) is 0 Å². The van der Waals surface area contributed by atoms with E-state index in [1.54, 1.807) is 28.4 Å². The van der Waals surface area contributed by atoms with Gasteiger partial charge in [0, 0.05) is 11.8 Å². The Bertz CT molecular complexity index is 1220. The zero-order valence-electron chi connectivity index (χ0n) is 16.8. The summed E-state index contributed by atoms with van der Waals surface area (Å²) in [5, 5.41) is 8.85. The van der Waals surface area contributed by atoms with Gasteiger partial charge in [-0.2, -0.15) is 5.10 Å². The third-order valence-electron chi connectivity index (χ3n) is 4.50. The summed E-state index contributed by atoms with van der Waals surface area (Å²) in [7, 11) is 0. The van der Waals surface area contributed by atoms with Crippen molar-refractivity contribution in [2.24, 2.45) is 0 Å². The lowest BCUT2D eigenvalue weighted by Crippen LogP contribution is -2.46. The molecule has 3 N–H and O–H groups in total. The smallest absolute Gasteiger partial charge is 0.273 e. The van der Waals surface area contributed by atoms with Crippen molar-refractivity contribution in [1.29, 1.82) is 0 Å². The summed E-state index contributed by atoms with van der Waals surface area (Å²) in [6, 6.07) is 22.1. The van der Waals surface area contributed by atoms with E-state index >= 15 is 0 Å². The minimum Gasteiger partial charge on any atom is -0.342 e. The van der Waals surface area contributed by atoms with Crippen LogP contribution in [0.25, 0.3) is 16.9 Å². The predicted octanol–water partition coefficient (Wildman–Crippen LogP) is 2.79. The van der Waals surface area contributed by atoms with Crippen LogP contribution in [0.3, 0.4) is 0 Å². The number of rotatable bonds is 6. The number of benzene rings is 2. The fourth-order valence-electron chi connectivity index (χ4n) is 2.96. The molecule has 0 aliphatic carbocycles. The van der Waals surface area contributed by atoms with Crippen LogP contribution in [0.1, 0.15) is 20.0 Å². The standard InChI is InChI=1S/C23H19N5O3S/c29-20(14-24-23(31)19-12-7-13-32-19)25-26-22(30)18-15-28(17-10-5-2-6-11-17)27-21(18)16-8-3-1-4-9-16/h1-13,15H,14H2,(H,24,31)(H,25,29)(H,26,30). The topological polar surface area (TPSA) is 105 Å². The van der Waals surface area contributed by atoms with E-state index in [0.717, 1.165) is 11.3 Å². The molecule has 0 aliphatic rings. The Balaban J connectivity index is 1.46. The Hall–Kier alpha value is -4.24. The van der Waals surface area contributed by atoms with Gasteiger partial charge in [0.25, 0.3) is 17.7 Å². The van der Waals surface area contributed by atoms with Crippen LogP contribution in [-0.4, -0.2) is 34.0 Å². The van der Waals surface area contributed by atoms with E-state index < -0.39 is 11.8 Å². The highest BCUT2D eigenvalue weighted by molar-refractivity contribution is 7.12. The lowest BCUT2D eigenvalue weighted by molar-refractivity contribution is -0.120. The van der Waals surface area contributed by atoms with Crippen LogP contribution < -0.4 is 16.2 Å². The summed E-state index contributed by atoms with van der Waals surface area (Å²) < 4.78 is 1.61. The molecule has 0 fully saturated rings. The molecule has 0 unspecified atom stereocenters. The van der Waals surface area contributed by atoms with Crippen LogP contribution >= 0.6 is 11.3 Å². The Morgan fingerprint density at radius 1 is 0.844 bits per heavy atom. The van der Waals surface area contributed by atoms with E-state index in [2.05, 4.69) is 21.3 Å². The van der Waals surface area contributed by atoms with Crippen molar-refractivity contribution in [2.45, 2.75) is 0 Å². The van der Waals surface area contributed by atoms with Crippen molar-refractivity contribution >= 4 is 29.1 Å². The molecule has 2 aromatic heterocycles. The molecule has 4 aromatic rings. The normalized spacial score (nSPS) is 10.4. The molecule has 32 heavy (non-hydrogen) atoms. The highest BCUT2D eigenvalue weighted by Crippen LogP contribution is 2.23. The second kappa shape index (κ2) is 9.71. The quantitative estimate of drug-likeness (QED) is 0.397. The molecular formula is C23H19N5O3S. The molecule has 9 heteroatoms. The van der Waals surface area contributed by atoms with Crippen LogP contribution in [0.2, 0.25) is 0 Å². The number of para-hydroxylation sites is 1. The van der Waals surface area contributed by atoms with Crippen molar-refractivity contribution in [2.75, 3.05) is 6.54 Å². The molecule has 0 bridgehead atoms. The summed E-state index contributed by atoms with van der Waals surface area (Å²) >= 11 is 1.28. The van der Waals surface area contributed by atoms with Crippen molar-refractivity contribution in [3.63, 3.8) is 0 Å². The second-order valence-corrected chi connectivity index (χ2v) is 7.65. The van der Waals surface area contributed by atoms with Crippen molar-refractivity contribution in [3.8, 4) is 16.9 Å². The maximum Gasteiger partial charge on any atom is 0.273 e. The zero-order chi connectivity index (χ0) is 22.3. The summed E-state index contributed by atoms with van der Waals surface area (Å²) in [5.41, 5.74) is 7.05. The van der Waals surface area contributed by atoms with Gasteiger partial charge >= 0.3 is 0 Å². The Morgan fingerprint density at radius 3 is 2.25 bits per heavy atom. The van der Waals surface area contributed by atoms with Crippen LogP contribution in [0.15, 0.2) is 84.4 Å². The number of carbonyl (C=O) groups is 3. The Labute approximate surface area is 187 Å². The van der Waals surface area contributed by atoms with Gasteiger partial charge in [0.1, 0.15) is 5.69 Å². The number of carbonyl (C=O) groups excluding carboxylic acids is 3. The van der Waals surface area contributed by atoms with E-state index in [1.165, 1.54) is 11.3 Å². The van der Waals surface area contributed by atoms with Gasteiger partial charge in [-0.1, -0.05) is 54.6 Å². The van der Waals surface area contributed by atoms with Gasteiger partial charge in [-0.25, -0.2) is 4.68 Å². The number of nitrogens with zero attached hydrogens (tertiary/aromatic N) is 2. The molecule has 0 radical (unpaired) electrons. The summed E-state index contributed by atoms with van der Waals surface area (Å²) in [5.74, 6) is -1.43. The number of thiophene rings is 1. The Kier molecular flexibility index (Phi) is 6.38. The number of aromatic nitrogens is 2. The van der Waals surface area contributed by atoms with Crippen LogP contribution in [-0.2, 0) is 4.79 Å². The minimum absolute atomic E-state index is 0.272. The van der Waals surface area contributed by atoms with Gasteiger partial charge in [-0.05, 0) is 23.6 Å². The highest BCUT2D eigenvalue weighted by Gasteiger charge is 2.19. The largest absolute Gasteiger partial charge is 0.342 e. The first kappa shape index (κ1) is 21.0. The highest BCUT2D eigenvalue weighted by atomic mass is 32.1. The first-order valence-electron chi connectivity index (χ1n) is 9.73. The van der Waals surface area contributed by atoms with E-state index in [9.17, 15) is 14.4 Å². The van der Waals surface area contributed by atoms with Gasteiger partial charge in [-0.3, -0.25) is 25.2 Å². The van der Waals surface area contributed by atoms with Gasteiger partial charge in [0.15, 0.2) is 0 Å². The number of hydrazine groups is 1. The predicted molar refractivity (Wildman–Crippen MR) is 121 cm³/mol. The third-order valence-corrected chi connectivity index (χ3v) is 5.37. The zero-order valence-corrected chi connectivity index (χ0v) is 17.6. The lowest BCUT2D eigenvalue weighted by atomic mass is 10.1. The maximum atomic E-state index is 12.8. The average Bonchev–Trinajstić information content (AvgIpc) is 3.53. The molecular weight excluding hydrogens is 426 g/mol. The first-order chi connectivity index (χ1) is 15.6. The van der Waals surface area contributed by atoms with Gasteiger partial charge in [-0.15, -0.1) is 11.3 Å². The summed E-state index contributed by atoms with van der Waals surface area (Å²) in [4.78, 5) is 37.4. The second-order valence-electron chi connectivity index (χ2n) is 6.70. The molecule has 4 rings (SSSR count). The van der Waals surface area contributed by atoms with Crippen molar-refractivity contribution < 1.29 is 14.4 Å². The lowest BCUT2D eigenvalue weighted by Gasteiger charge is -2.08. The molecule has 8 nitrogen and oxygen atoms in total.